The molecule has 1 atom stereocenters. The largest absolute Gasteiger partial charge is 0.472 e. The SMILES string of the molecule is C[C@]1(CO)Oc2c(Br)cc(Cl)cc2NC1=O. The van der Waals surface area contributed by atoms with Crippen molar-refractivity contribution in [2.75, 3.05) is 11.9 Å². The Bertz CT molecular complexity index is 466. The summed E-state index contributed by atoms with van der Waals surface area (Å²) in [4.78, 5) is 11.7. The summed E-state index contributed by atoms with van der Waals surface area (Å²) in [6, 6.07) is 3.26. The molecule has 0 saturated carbocycles. The zero-order chi connectivity index (χ0) is 11.9. The van der Waals surface area contributed by atoms with Gasteiger partial charge in [-0.15, -0.1) is 0 Å². The maximum atomic E-state index is 11.7. The molecule has 0 saturated heterocycles. The molecule has 0 aliphatic carbocycles. The topological polar surface area (TPSA) is 58.6 Å². The van der Waals surface area contributed by atoms with E-state index in [9.17, 15) is 4.79 Å². The van der Waals surface area contributed by atoms with Crippen molar-refractivity contribution in [3.05, 3.63) is 21.6 Å². The number of anilines is 1. The van der Waals surface area contributed by atoms with Crippen LogP contribution in [0, 0.1) is 0 Å². The summed E-state index contributed by atoms with van der Waals surface area (Å²) in [5, 5.41) is 12.3. The summed E-state index contributed by atoms with van der Waals surface area (Å²) in [5.74, 6) is 0.0808. The Labute approximate surface area is 106 Å². The number of ether oxygens (including phenoxy) is 1. The summed E-state index contributed by atoms with van der Waals surface area (Å²) in [5.41, 5.74) is -0.765. The van der Waals surface area contributed by atoms with Crippen molar-refractivity contribution < 1.29 is 14.6 Å². The molecule has 1 amide bonds. The second-order valence-corrected chi connectivity index (χ2v) is 5.00. The zero-order valence-electron chi connectivity index (χ0n) is 8.38. The predicted octanol–water partition coefficient (Wildman–Crippen LogP) is 2.18. The van der Waals surface area contributed by atoms with E-state index in [0.717, 1.165) is 0 Å². The van der Waals surface area contributed by atoms with Crippen LogP contribution in [-0.2, 0) is 4.79 Å². The summed E-state index contributed by atoms with van der Waals surface area (Å²) < 4.78 is 6.13. The number of halogens is 2. The third-order valence-corrected chi connectivity index (χ3v) is 3.17. The van der Waals surface area contributed by atoms with Gasteiger partial charge >= 0.3 is 0 Å². The minimum atomic E-state index is -1.26. The molecular formula is C10H9BrClNO3. The van der Waals surface area contributed by atoms with Gasteiger partial charge in [0.25, 0.3) is 5.91 Å². The van der Waals surface area contributed by atoms with Gasteiger partial charge in [0.05, 0.1) is 16.8 Å². The lowest BCUT2D eigenvalue weighted by molar-refractivity contribution is -0.134. The molecule has 1 aliphatic rings. The van der Waals surface area contributed by atoms with Crippen molar-refractivity contribution in [3.8, 4) is 5.75 Å². The van der Waals surface area contributed by atoms with E-state index in [-0.39, 0.29) is 0 Å². The Morgan fingerprint density at radius 1 is 1.62 bits per heavy atom. The summed E-state index contributed by atoms with van der Waals surface area (Å²) in [6.45, 7) is 1.12. The molecule has 0 spiro atoms. The molecule has 1 aromatic rings. The lowest BCUT2D eigenvalue weighted by Gasteiger charge is -2.33. The first-order valence-electron chi connectivity index (χ1n) is 4.56. The molecule has 0 radical (unpaired) electrons. The third kappa shape index (κ3) is 1.79. The second-order valence-electron chi connectivity index (χ2n) is 3.71. The number of nitrogens with one attached hydrogen (secondary N) is 1. The normalized spacial score (nSPS) is 23.4. The van der Waals surface area contributed by atoms with Crippen molar-refractivity contribution in [1.82, 2.24) is 0 Å². The highest BCUT2D eigenvalue weighted by Crippen LogP contribution is 2.41. The zero-order valence-corrected chi connectivity index (χ0v) is 10.7. The molecule has 6 heteroatoms. The highest BCUT2D eigenvalue weighted by Gasteiger charge is 2.40. The van der Waals surface area contributed by atoms with Gasteiger partial charge in [-0.1, -0.05) is 11.6 Å². The van der Waals surface area contributed by atoms with Crippen LogP contribution in [0.4, 0.5) is 5.69 Å². The Hall–Kier alpha value is -0.780. The Kier molecular flexibility index (Phi) is 2.86. The van der Waals surface area contributed by atoms with E-state index < -0.39 is 18.1 Å². The quantitative estimate of drug-likeness (QED) is 0.836. The van der Waals surface area contributed by atoms with Crippen LogP contribution in [-0.4, -0.2) is 23.2 Å². The van der Waals surface area contributed by atoms with E-state index in [2.05, 4.69) is 21.2 Å². The van der Waals surface area contributed by atoms with Crippen molar-refractivity contribution in [2.45, 2.75) is 12.5 Å². The maximum absolute atomic E-state index is 11.7. The Balaban J connectivity index is 2.51. The van der Waals surface area contributed by atoms with Crippen molar-refractivity contribution in [1.29, 1.82) is 0 Å². The summed E-state index contributed by atoms with van der Waals surface area (Å²) >= 11 is 9.14. The van der Waals surface area contributed by atoms with Gasteiger partial charge in [0.1, 0.15) is 0 Å². The number of fused-ring (bicyclic) bond motifs is 1. The van der Waals surface area contributed by atoms with Gasteiger partial charge in [-0.05, 0) is 35.0 Å². The second kappa shape index (κ2) is 3.91. The molecular weight excluding hydrogens is 297 g/mol. The van der Waals surface area contributed by atoms with Crippen LogP contribution in [0.3, 0.4) is 0 Å². The third-order valence-electron chi connectivity index (χ3n) is 2.37. The first kappa shape index (κ1) is 11.7. The molecule has 4 nitrogen and oxygen atoms in total. The molecule has 86 valence electrons. The first-order valence-corrected chi connectivity index (χ1v) is 5.74. The fourth-order valence-corrected chi connectivity index (χ4v) is 2.28. The van der Waals surface area contributed by atoms with Crippen LogP contribution in [0.15, 0.2) is 16.6 Å². The molecule has 2 rings (SSSR count). The molecule has 2 N–H and O–H groups in total. The van der Waals surface area contributed by atoms with E-state index in [0.29, 0.717) is 20.9 Å². The molecule has 1 heterocycles. The fraction of sp³-hybridized carbons (Fsp3) is 0.300. The summed E-state index contributed by atoms with van der Waals surface area (Å²) in [6.07, 6.45) is 0. The monoisotopic (exact) mass is 305 g/mol. The molecule has 0 fully saturated rings. The van der Waals surface area contributed by atoms with Crippen molar-refractivity contribution in [2.24, 2.45) is 0 Å². The van der Waals surface area contributed by atoms with Crippen LogP contribution in [0.5, 0.6) is 5.75 Å². The van der Waals surface area contributed by atoms with E-state index in [1.54, 1.807) is 12.1 Å². The molecule has 0 aromatic heterocycles. The smallest absolute Gasteiger partial charge is 0.270 e. The average Bonchev–Trinajstić information content (AvgIpc) is 2.21. The highest BCUT2D eigenvalue weighted by atomic mass is 79.9. The predicted molar refractivity (Wildman–Crippen MR) is 63.9 cm³/mol. The minimum absolute atomic E-state index is 0.392. The van der Waals surface area contributed by atoms with Crippen LogP contribution >= 0.6 is 27.5 Å². The molecule has 1 aliphatic heterocycles. The van der Waals surface area contributed by atoms with Crippen LogP contribution in [0.2, 0.25) is 5.02 Å². The summed E-state index contributed by atoms with van der Waals surface area (Å²) in [7, 11) is 0. The van der Waals surface area contributed by atoms with Gasteiger partial charge in [0, 0.05) is 5.02 Å². The molecule has 0 bridgehead atoms. The number of amides is 1. The van der Waals surface area contributed by atoms with E-state index in [4.69, 9.17) is 21.4 Å². The Morgan fingerprint density at radius 2 is 2.31 bits per heavy atom. The number of aliphatic hydroxyl groups excluding tert-OH is 1. The fourth-order valence-electron chi connectivity index (χ4n) is 1.39. The van der Waals surface area contributed by atoms with Crippen LogP contribution < -0.4 is 10.1 Å². The van der Waals surface area contributed by atoms with Gasteiger partial charge in [0.15, 0.2) is 5.75 Å². The van der Waals surface area contributed by atoms with Gasteiger partial charge in [-0.3, -0.25) is 4.79 Å². The van der Waals surface area contributed by atoms with Crippen LogP contribution in [0.1, 0.15) is 6.92 Å². The average molecular weight is 307 g/mol. The van der Waals surface area contributed by atoms with Crippen molar-refractivity contribution >= 4 is 39.1 Å². The van der Waals surface area contributed by atoms with E-state index in [1.165, 1.54) is 6.92 Å². The van der Waals surface area contributed by atoms with E-state index >= 15 is 0 Å². The van der Waals surface area contributed by atoms with Gasteiger partial charge in [-0.2, -0.15) is 0 Å². The molecule has 1 aromatic carbocycles. The standard InChI is InChI=1S/C10H9BrClNO3/c1-10(4-14)9(15)13-7-3-5(12)2-6(11)8(7)16-10/h2-3,14H,4H2,1H3,(H,13,15)/t10-/m1/s1. The van der Waals surface area contributed by atoms with Gasteiger partial charge in [-0.25, -0.2) is 0 Å². The number of benzene rings is 1. The molecule has 0 unspecified atom stereocenters. The number of rotatable bonds is 1. The molecule has 16 heavy (non-hydrogen) atoms. The van der Waals surface area contributed by atoms with E-state index in [1.807, 2.05) is 0 Å². The Morgan fingerprint density at radius 3 is 2.94 bits per heavy atom. The number of hydrogen-bond acceptors (Lipinski definition) is 3. The number of carbonyl (C=O) groups is 1. The van der Waals surface area contributed by atoms with Gasteiger partial charge in [0.2, 0.25) is 5.60 Å². The first-order chi connectivity index (χ1) is 7.46. The highest BCUT2D eigenvalue weighted by molar-refractivity contribution is 9.10. The number of aliphatic hydroxyl groups is 1. The van der Waals surface area contributed by atoms with Gasteiger partial charge < -0.3 is 15.2 Å². The minimum Gasteiger partial charge on any atom is -0.472 e. The van der Waals surface area contributed by atoms with Crippen LogP contribution in [0.25, 0.3) is 0 Å². The van der Waals surface area contributed by atoms with Crippen molar-refractivity contribution in [3.63, 3.8) is 0 Å². The number of hydrogen-bond donors (Lipinski definition) is 2. The lowest BCUT2D eigenvalue weighted by atomic mass is 10.0. The lowest BCUT2D eigenvalue weighted by Crippen LogP contribution is -2.51. The maximum Gasteiger partial charge on any atom is 0.270 e. The number of carbonyl (C=O) groups excluding carboxylic acids is 1.